The zero-order valence-corrected chi connectivity index (χ0v) is 7.42. The fourth-order valence-electron chi connectivity index (χ4n) is 1.09. The Bertz CT molecular complexity index is 123. The van der Waals surface area contributed by atoms with Crippen LogP contribution in [0.5, 0.6) is 0 Å². The molecular weight excluding hydrogens is 144 g/mol. The fourth-order valence-corrected chi connectivity index (χ4v) is 1.09. The van der Waals surface area contributed by atoms with Crippen molar-refractivity contribution < 1.29 is 14.2 Å². The van der Waals surface area contributed by atoms with Crippen LogP contribution < -0.4 is 0 Å². The largest absolute Gasteiger partial charge is 0.379 e. The molecule has 11 heavy (non-hydrogen) atoms. The Morgan fingerprint density at radius 1 is 1.55 bits per heavy atom. The van der Waals surface area contributed by atoms with Crippen molar-refractivity contribution in [1.29, 1.82) is 0 Å². The normalized spacial score (nSPS) is 29.2. The van der Waals surface area contributed by atoms with E-state index in [1.807, 2.05) is 20.8 Å². The molecule has 1 atom stereocenters. The van der Waals surface area contributed by atoms with Gasteiger partial charge in [0.25, 0.3) is 0 Å². The van der Waals surface area contributed by atoms with Crippen LogP contribution in [0.2, 0.25) is 0 Å². The molecule has 0 N–H and O–H groups in total. The lowest BCUT2D eigenvalue weighted by Crippen LogP contribution is -2.23. The van der Waals surface area contributed by atoms with E-state index in [9.17, 15) is 0 Å². The molecule has 1 saturated heterocycles. The third kappa shape index (κ3) is 2.77. The maximum atomic E-state index is 5.50. The lowest BCUT2D eigenvalue weighted by atomic mass is 10.4. The highest BCUT2D eigenvalue weighted by molar-refractivity contribution is 4.69. The minimum Gasteiger partial charge on any atom is -0.379 e. The molecule has 0 unspecified atom stereocenters. The van der Waals surface area contributed by atoms with Gasteiger partial charge in [-0.05, 0) is 20.8 Å². The van der Waals surface area contributed by atoms with E-state index in [1.165, 1.54) is 0 Å². The van der Waals surface area contributed by atoms with Gasteiger partial charge in [0.2, 0.25) is 0 Å². The molecule has 0 aromatic heterocycles. The quantitative estimate of drug-likeness (QED) is 0.620. The fraction of sp³-hybridized carbons (Fsp3) is 1.00. The number of ether oxygens (including phenoxy) is 3. The van der Waals surface area contributed by atoms with Crippen molar-refractivity contribution in [2.45, 2.75) is 32.7 Å². The second-order valence-corrected chi connectivity index (χ2v) is 3.11. The van der Waals surface area contributed by atoms with Crippen LogP contribution in [0.25, 0.3) is 0 Å². The first kappa shape index (κ1) is 8.97. The Kier molecular flexibility index (Phi) is 2.87. The van der Waals surface area contributed by atoms with Crippen LogP contribution in [-0.2, 0) is 14.2 Å². The number of hydrogen-bond acceptors (Lipinski definition) is 3. The average molecular weight is 160 g/mol. The van der Waals surface area contributed by atoms with Crippen LogP contribution in [0.4, 0.5) is 0 Å². The highest BCUT2D eigenvalue weighted by Crippen LogP contribution is 2.21. The molecule has 0 radical (unpaired) electrons. The summed E-state index contributed by atoms with van der Waals surface area (Å²) in [6.07, 6.45) is 0.116. The highest BCUT2D eigenvalue weighted by Gasteiger charge is 2.32. The highest BCUT2D eigenvalue weighted by atomic mass is 16.7. The van der Waals surface area contributed by atoms with Gasteiger partial charge in [0.1, 0.15) is 6.10 Å². The topological polar surface area (TPSA) is 27.7 Å². The van der Waals surface area contributed by atoms with E-state index < -0.39 is 5.79 Å². The maximum absolute atomic E-state index is 5.50. The molecule has 0 aromatic rings. The van der Waals surface area contributed by atoms with Gasteiger partial charge in [0, 0.05) is 6.61 Å². The molecular formula is C8H16O3. The van der Waals surface area contributed by atoms with E-state index in [4.69, 9.17) is 14.2 Å². The zero-order chi connectivity index (χ0) is 8.32. The molecule has 0 bridgehead atoms. The van der Waals surface area contributed by atoms with E-state index in [2.05, 4.69) is 0 Å². The van der Waals surface area contributed by atoms with Gasteiger partial charge in [-0.1, -0.05) is 0 Å². The summed E-state index contributed by atoms with van der Waals surface area (Å²) >= 11 is 0. The van der Waals surface area contributed by atoms with E-state index in [0.717, 1.165) is 6.61 Å². The van der Waals surface area contributed by atoms with E-state index >= 15 is 0 Å². The first-order chi connectivity index (χ1) is 5.14. The standard InChI is InChI=1S/C8H16O3/c1-4-9-5-7-6-10-8(2,3)11-7/h7H,4-6H2,1-3H3/t7-/m0/s1. The smallest absolute Gasteiger partial charge is 0.163 e. The predicted molar refractivity (Wildman–Crippen MR) is 41.4 cm³/mol. The Labute approximate surface area is 67.6 Å². The van der Waals surface area contributed by atoms with E-state index in [0.29, 0.717) is 13.2 Å². The third-order valence-electron chi connectivity index (χ3n) is 1.58. The minimum atomic E-state index is -0.415. The summed E-state index contributed by atoms with van der Waals surface area (Å²) in [7, 11) is 0. The van der Waals surface area contributed by atoms with Crippen LogP contribution in [-0.4, -0.2) is 31.7 Å². The van der Waals surface area contributed by atoms with Crippen LogP contribution >= 0.6 is 0 Å². The third-order valence-corrected chi connectivity index (χ3v) is 1.58. The van der Waals surface area contributed by atoms with Crippen molar-refractivity contribution in [2.75, 3.05) is 19.8 Å². The lowest BCUT2D eigenvalue weighted by Gasteiger charge is -2.16. The zero-order valence-electron chi connectivity index (χ0n) is 7.42. The molecule has 1 rings (SSSR count). The Morgan fingerprint density at radius 3 is 2.73 bits per heavy atom. The van der Waals surface area contributed by atoms with Gasteiger partial charge in [-0.2, -0.15) is 0 Å². The van der Waals surface area contributed by atoms with Gasteiger partial charge in [0.15, 0.2) is 5.79 Å². The van der Waals surface area contributed by atoms with Crippen molar-refractivity contribution in [2.24, 2.45) is 0 Å². The van der Waals surface area contributed by atoms with Crippen LogP contribution in [0.15, 0.2) is 0 Å². The van der Waals surface area contributed by atoms with Crippen LogP contribution in [0.1, 0.15) is 20.8 Å². The second-order valence-electron chi connectivity index (χ2n) is 3.11. The van der Waals surface area contributed by atoms with E-state index in [1.54, 1.807) is 0 Å². The summed E-state index contributed by atoms with van der Waals surface area (Å²) in [5, 5.41) is 0. The molecule has 3 heteroatoms. The molecule has 0 saturated carbocycles. The molecule has 1 fully saturated rings. The Morgan fingerprint density at radius 2 is 2.27 bits per heavy atom. The Hall–Kier alpha value is -0.120. The van der Waals surface area contributed by atoms with Gasteiger partial charge in [-0.15, -0.1) is 0 Å². The number of rotatable bonds is 3. The minimum absolute atomic E-state index is 0.116. The van der Waals surface area contributed by atoms with Gasteiger partial charge in [0.05, 0.1) is 13.2 Å². The Balaban J connectivity index is 2.20. The van der Waals surface area contributed by atoms with E-state index in [-0.39, 0.29) is 6.10 Å². The SMILES string of the molecule is CCOC[C@H]1COC(C)(C)O1. The molecule has 1 aliphatic heterocycles. The van der Waals surface area contributed by atoms with Crippen LogP contribution in [0.3, 0.4) is 0 Å². The molecule has 0 amide bonds. The second kappa shape index (κ2) is 3.52. The van der Waals surface area contributed by atoms with Crippen LogP contribution in [0, 0.1) is 0 Å². The molecule has 1 heterocycles. The summed E-state index contributed by atoms with van der Waals surface area (Å²) < 4.78 is 16.1. The first-order valence-electron chi connectivity index (χ1n) is 4.03. The van der Waals surface area contributed by atoms with Gasteiger partial charge in [-0.25, -0.2) is 0 Å². The summed E-state index contributed by atoms with van der Waals surface area (Å²) in [4.78, 5) is 0. The number of hydrogen-bond donors (Lipinski definition) is 0. The molecule has 3 nitrogen and oxygen atoms in total. The molecule has 0 aliphatic carbocycles. The monoisotopic (exact) mass is 160 g/mol. The molecule has 0 aromatic carbocycles. The van der Waals surface area contributed by atoms with Gasteiger partial charge < -0.3 is 14.2 Å². The molecule has 1 aliphatic rings. The summed E-state index contributed by atoms with van der Waals surface area (Å²) in [5.41, 5.74) is 0. The van der Waals surface area contributed by atoms with Crippen molar-refractivity contribution in [3.63, 3.8) is 0 Å². The first-order valence-corrected chi connectivity index (χ1v) is 4.03. The van der Waals surface area contributed by atoms with Crippen molar-refractivity contribution in [1.82, 2.24) is 0 Å². The summed E-state index contributed by atoms with van der Waals surface area (Å²) in [5.74, 6) is -0.415. The molecule has 0 spiro atoms. The lowest BCUT2D eigenvalue weighted by molar-refractivity contribution is -0.144. The molecule has 66 valence electrons. The average Bonchev–Trinajstić information content (AvgIpc) is 2.26. The van der Waals surface area contributed by atoms with Gasteiger partial charge in [-0.3, -0.25) is 0 Å². The van der Waals surface area contributed by atoms with Gasteiger partial charge >= 0.3 is 0 Å². The van der Waals surface area contributed by atoms with Crippen molar-refractivity contribution in [3.05, 3.63) is 0 Å². The summed E-state index contributed by atoms with van der Waals surface area (Å²) in [6, 6.07) is 0. The maximum Gasteiger partial charge on any atom is 0.163 e. The van der Waals surface area contributed by atoms with Crippen molar-refractivity contribution >= 4 is 0 Å². The van der Waals surface area contributed by atoms with Crippen molar-refractivity contribution in [3.8, 4) is 0 Å². The predicted octanol–water partition coefficient (Wildman–Crippen LogP) is 1.17. The summed E-state index contributed by atoms with van der Waals surface area (Å²) in [6.45, 7) is 7.83.